The van der Waals surface area contributed by atoms with Crippen molar-refractivity contribution in [2.45, 2.75) is 12.5 Å². The van der Waals surface area contributed by atoms with E-state index in [1.165, 1.54) is 4.90 Å². The van der Waals surface area contributed by atoms with Crippen LogP contribution in [0.2, 0.25) is 10.0 Å². The first-order valence-corrected chi connectivity index (χ1v) is 6.11. The van der Waals surface area contributed by atoms with Crippen LogP contribution in [0, 0.1) is 5.92 Å². The van der Waals surface area contributed by atoms with E-state index in [9.17, 15) is 14.7 Å². The minimum absolute atomic E-state index is 0.00451. The van der Waals surface area contributed by atoms with E-state index >= 15 is 0 Å². The zero-order valence-corrected chi connectivity index (χ0v) is 11.1. The Morgan fingerprint density at radius 2 is 2.11 bits per heavy atom. The molecule has 1 aromatic carbocycles. The molecule has 0 unspecified atom stereocenters. The lowest BCUT2D eigenvalue weighted by molar-refractivity contribution is -0.142. The van der Waals surface area contributed by atoms with Crippen molar-refractivity contribution >= 4 is 35.1 Å². The number of likely N-dealkylation sites (tertiary alicyclic amines) is 1. The maximum atomic E-state index is 11.6. The van der Waals surface area contributed by atoms with Gasteiger partial charge in [-0.3, -0.25) is 9.59 Å². The molecule has 6 heteroatoms. The number of carbonyl (C=O) groups excluding carboxylic acids is 1. The third kappa shape index (κ3) is 2.18. The van der Waals surface area contributed by atoms with Crippen molar-refractivity contribution < 1.29 is 14.7 Å². The summed E-state index contributed by atoms with van der Waals surface area (Å²) < 4.78 is 0. The van der Waals surface area contributed by atoms with Gasteiger partial charge in [0.05, 0.1) is 12.0 Å². The molecule has 2 atom stereocenters. The Hall–Kier alpha value is -1.26. The number of benzene rings is 1. The van der Waals surface area contributed by atoms with E-state index in [-0.39, 0.29) is 12.3 Å². The molecule has 1 saturated heterocycles. The van der Waals surface area contributed by atoms with Crippen molar-refractivity contribution in [2.24, 2.45) is 5.92 Å². The Morgan fingerprint density at radius 3 is 2.67 bits per heavy atom. The third-order valence-corrected chi connectivity index (χ3v) is 3.75. The monoisotopic (exact) mass is 287 g/mol. The van der Waals surface area contributed by atoms with Crippen LogP contribution < -0.4 is 0 Å². The molecule has 1 fully saturated rings. The minimum Gasteiger partial charge on any atom is -0.481 e. The lowest BCUT2D eigenvalue weighted by atomic mass is 9.94. The highest BCUT2D eigenvalue weighted by atomic mass is 35.5. The van der Waals surface area contributed by atoms with Gasteiger partial charge in [-0.05, 0) is 17.7 Å². The van der Waals surface area contributed by atoms with Gasteiger partial charge in [-0.15, -0.1) is 0 Å². The molecule has 0 saturated carbocycles. The van der Waals surface area contributed by atoms with E-state index in [1.807, 2.05) is 0 Å². The average molecular weight is 288 g/mol. The Balaban J connectivity index is 2.46. The summed E-state index contributed by atoms with van der Waals surface area (Å²) in [5, 5.41) is 10.0. The fraction of sp³-hybridized carbons (Fsp3) is 0.333. The summed E-state index contributed by atoms with van der Waals surface area (Å²) in [6.07, 6.45) is -0.00451. The van der Waals surface area contributed by atoms with Crippen LogP contribution in [0.3, 0.4) is 0 Å². The lowest BCUT2D eigenvalue weighted by Gasteiger charge is -2.24. The molecule has 0 radical (unpaired) electrons. The van der Waals surface area contributed by atoms with Gasteiger partial charge in [0.15, 0.2) is 0 Å². The number of carboxylic acid groups (broad SMARTS) is 1. The number of hydrogen-bond acceptors (Lipinski definition) is 2. The highest BCUT2D eigenvalue weighted by Crippen LogP contribution is 2.40. The summed E-state index contributed by atoms with van der Waals surface area (Å²) in [7, 11) is 1.58. The summed E-state index contributed by atoms with van der Waals surface area (Å²) in [5.41, 5.74) is 0.613. The van der Waals surface area contributed by atoms with Gasteiger partial charge in [-0.1, -0.05) is 29.3 Å². The van der Waals surface area contributed by atoms with Crippen LogP contribution in [0.5, 0.6) is 0 Å². The molecule has 1 aromatic rings. The van der Waals surface area contributed by atoms with Crippen molar-refractivity contribution in [1.82, 2.24) is 4.90 Å². The quantitative estimate of drug-likeness (QED) is 0.910. The molecule has 96 valence electrons. The number of carboxylic acids is 1. The second kappa shape index (κ2) is 4.78. The first kappa shape index (κ1) is 13.2. The molecule has 0 aromatic heterocycles. The smallest absolute Gasteiger partial charge is 0.309 e. The average Bonchev–Trinajstić information content (AvgIpc) is 2.57. The van der Waals surface area contributed by atoms with Crippen LogP contribution in [0.4, 0.5) is 0 Å². The zero-order valence-electron chi connectivity index (χ0n) is 9.56. The molecular formula is C12H11Cl2NO3. The second-order valence-corrected chi connectivity index (χ2v) is 5.11. The first-order chi connectivity index (χ1) is 8.41. The Morgan fingerprint density at radius 1 is 1.44 bits per heavy atom. The normalized spacial score (nSPS) is 23.5. The van der Waals surface area contributed by atoms with E-state index in [4.69, 9.17) is 23.2 Å². The lowest BCUT2D eigenvalue weighted by Crippen LogP contribution is -2.27. The largest absolute Gasteiger partial charge is 0.481 e. The number of carbonyl (C=O) groups is 2. The Kier molecular flexibility index (Phi) is 3.50. The van der Waals surface area contributed by atoms with E-state index in [0.29, 0.717) is 15.6 Å². The molecule has 2 rings (SSSR count). The van der Waals surface area contributed by atoms with Crippen molar-refractivity contribution in [2.75, 3.05) is 7.05 Å². The van der Waals surface area contributed by atoms with Gasteiger partial charge in [0.1, 0.15) is 0 Å². The topological polar surface area (TPSA) is 57.6 Å². The van der Waals surface area contributed by atoms with Crippen LogP contribution >= 0.6 is 23.2 Å². The number of rotatable bonds is 2. The zero-order chi connectivity index (χ0) is 13.4. The molecule has 0 bridgehead atoms. The van der Waals surface area contributed by atoms with Crippen molar-refractivity contribution in [3.05, 3.63) is 33.8 Å². The van der Waals surface area contributed by atoms with Gasteiger partial charge >= 0.3 is 5.97 Å². The van der Waals surface area contributed by atoms with Crippen molar-refractivity contribution in [1.29, 1.82) is 0 Å². The molecule has 0 aliphatic carbocycles. The fourth-order valence-corrected chi connectivity index (χ4v) is 2.78. The van der Waals surface area contributed by atoms with E-state index in [2.05, 4.69) is 0 Å². The maximum Gasteiger partial charge on any atom is 0.309 e. The first-order valence-electron chi connectivity index (χ1n) is 5.35. The van der Waals surface area contributed by atoms with E-state index < -0.39 is 17.9 Å². The molecule has 1 amide bonds. The Labute approximate surface area is 114 Å². The van der Waals surface area contributed by atoms with Crippen molar-refractivity contribution in [3.63, 3.8) is 0 Å². The SMILES string of the molecule is CN1C(=O)C[C@H](C(=O)O)[C@H]1c1ccc(Cl)cc1Cl. The number of aliphatic carboxylic acids is 1. The molecule has 1 N–H and O–H groups in total. The van der Waals surface area contributed by atoms with Gasteiger partial charge in [0, 0.05) is 23.5 Å². The molecule has 1 aliphatic rings. The summed E-state index contributed by atoms with van der Waals surface area (Å²) in [5.74, 6) is -1.97. The summed E-state index contributed by atoms with van der Waals surface area (Å²) >= 11 is 11.9. The van der Waals surface area contributed by atoms with Crippen LogP contribution in [0.15, 0.2) is 18.2 Å². The molecule has 18 heavy (non-hydrogen) atoms. The summed E-state index contributed by atoms with van der Waals surface area (Å²) in [6, 6.07) is 4.31. The van der Waals surface area contributed by atoms with Crippen LogP contribution in [0.25, 0.3) is 0 Å². The minimum atomic E-state index is -0.997. The predicted octanol–water partition coefficient (Wildman–Crippen LogP) is 2.60. The number of halogens is 2. The predicted molar refractivity (Wildman–Crippen MR) is 67.7 cm³/mol. The number of hydrogen-bond donors (Lipinski definition) is 1. The van der Waals surface area contributed by atoms with Crippen LogP contribution in [-0.4, -0.2) is 28.9 Å². The van der Waals surface area contributed by atoms with Gasteiger partial charge in [0.2, 0.25) is 5.91 Å². The van der Waals surface area contributed by atoms with Crippen LogP contribution in [0.1, 0.15) is 18.0 Å². The van der Waals surface area contributed by atoms with E-state index in [0.717, 1.165) is 0 Å². The second-order valence-electron chi connectivity index (χ2n) is 4.26. The molecule has 1 aliphatic heterocycles. The maximum absolute atomic E-state index is 11.6. The molecular weight excluding hydrogens is 277 g/mol. The number of nitrogens with zero attached hydrogens (tertiary/aromatic N) is 1. The van der Waals surface area contributed by atoms with Gasteiger partial charge in [-0.2, -0.15) is 0 Å². The summed E-state index contributed by atoms with van der Waals surface area (Å²) in [6.45, 7) is 0. The summed E-state index contributed by atoms with van der Waals surface area (Å²) in [4.78, 5) is 24.3. The van der Waals surface area contributed by atoms with Crippen LogP contribution in [-0.2, 0) is 9.59 Å². The molecule has 0 spiro atoms. The standard InChI is InChI=1S/C12H11Cl2NO3/c1-15-10(16)5-8(12(17)18)11(15)7-3-2-6(13)4-9(7)14/h2-4,8,11H,5H2,1H3,(H,17,18)/t8-,11+/m0/s1. The van der Waals surface area contributed by atoms with Gasteiger partial charge < -0.3 is 10.0 Å². The Bertz CT molecular complexity index is 518. The highest BCUT2D eigenvalue weighted by molar-refractivity contribution is 6.35. The third-order valence-electron chi connectivity index (χ3n) is 3.18. The molecule has 1 heterocycles. The van der Waals surface area contributed by atoms with E-state index in [1.54, 1.807) is 25.2 Å². The molecule has 4 nitrogen and oxygen atoms in total. The highest BCUT2D eigenvalue weighted by Gasteiger charge is 2.43. The van der Waals surface area contributed by atoms with Gasteiger partial charge in [0.25, 0.3) is 0 Å². The number of amides is 1. The fourth-order valence-electron chi connectivity index (χ4n) is 2.26. The van der Waals surface area contributed by atoms with Gasteiger partial charge in [-0.25, -0.2) is 0 Å². The van der Waals surface area contributed by atoms with Crippen molar-refractivity contribution in [3.8, 4) is 0 Å².